The average Bonchev–Trinajstić information content (AvgIpc) is 2.41. The Balaban J connectivity index is 2.31. The monoisotopic (exact) mass is 278 g/mol. The van der Waals surface area contributed by atoms with Gasteiger partial charge in [0.05, 0.1) is 18.1 Å². The van der Waals surface area contributed by atoms with Gasteiger partial charge in [0.2, 0.25) is 0 Å². The van der Waals surface area contributed by atoms with E-state index in [1.165, 1.54) is 17.8 Å². The van der Waals surface area contributed by atoms with E-state index in [0.717, 1.165) is 10.6 Å². The van der Waals surface area contributed by atoms with Gasteiger partial charge in [-0.3, -0.25) is 0 Å². The van der Waals surface area contributed by atoms with E-state index in [-0.39, 0.29) is 5.82 Å². The summed E-state index contributed by atoms with van der Waals surface area (Å²) in [5.41, 5.74) is 0.598. The van der Waals surface area contributed by atoms with Gasteiger partial charge >= 0.3 is 0 Å². The molecular weight excluding hydrogens is 263 g/mol. The molecule has 1 unspecified atom stereocenters. The normalized spacial score (nSPS) is 12.2. The largest absolute Gasteiger partial charge is 0.497 e. The van der Waals surface area contributed by atoms with Crippen LogP contribution in [0.3, 0.4) is 0 Å². The van der Waals surface area contributed by atoms with Crippen molar-refractivity contribution in [1.29, 1.82) is 0 Å². The number of aliphatic hydroxyl groups excluding tert-OH is 1. The van der Waals surface area contributed by atoms with Gasteiger partial charge < -0.3 is 9.84 Å². The van der Waals surface area contributed by atoms with E-state index < -0.39 is 6.10 Å². The van der Waals surface area contributed by atoms with Gasteiger partial charge in [-0.05, 0) is 42.8 Å². The SMILES string of the molecule is COc1ccc(Sc2c(F)cccc2C(C)O)cc1. The van der Waals surface area contributed by atoms with Crippen LogP contribution < -0.4 is 4.74 Å². The zero-order valence-corrected chi connectivity index (χ0v) is 11.6. The fourth-order valence-electron chi connectivity index (χ4n) is 1.72. The molecule has 0 aromatic heterocycles. The molecule has 0 bridgehead atoms. The summed E-state index contributed by atoms with van der Waals surface area (Å²) in [6.07, 6.45) is -0.698. The number of methoxy groups -OCH3 is 1. The molecule has 0 fully saturated rings. The fourth-order valence-corrected chi connectivity index (χ4v) is 2.75. The van der Waals surface area contributed by atoms with Gasteiger partial charge in [0, 0.05) is 4.90 Å². The molecule has 0 aliphatic heterocycles. The number of ether oxygens (including phenoxy) is 1. The Hall–Kier alpha value is -1.52. The van der Waals surface area contributed by atoms with Crippen LogP contribution in [0.25, 0.3) is 0 Å². The van der Waals surface area contributed by atoms with Crippen LogP contribution in [0.2, 0.25) is 0 Å². The third kappa shape index (κ3) is 3.28. The first-order chi connectivity index (χ1) is 9.11. The molecule has 0 spiro atoms. The second-order valence-corrected chi connectivity index (χ2v) is 5.20. The molecule has 0 saturated heterocycles. The van der Waals surface area contributed by atoms with Crippen LogP contribution in [-0.4, -0.2) is 12.2 Å². The summed E-state index contributed by atoms with van der Waals surface area (Å²) < 4.78 is 19.0. The highest BCUT2D eigenvalue weighted by molar-refractivity contribution is 7.99. The first kappa shape index (κ1) is 13.9. The second kappa shape index (κ2) is 6.08. The van der Waals surface area contributed by atoms with Gasteiger partial charge in [0.15, 0.2) is 0 Å². The standard InChI is InChI=1S/C15H15FO2S/c1-10(17)13-4-3-5-14(16)15(13)19-12-8-6-11(18-2)7-9-12/h3-10,17H,1-2H3. The average molecular weight is 278 g/mol. The molecule has 0 radical (unpaired) electrons. The van der Waals surface area contributed by atoms with Gasteiger partial charge in [0.25, 0.3) is 0 Å². The third-order valence-corrected chi connectivity index (χ3v) is 3.87. The number of hydrogen-bond acceptors (Lipinski definition) is 3. The van der Waals surface area contributed by atoms with E-state index in [1.54, 1.807) is 26.2 Å². The van der Waals surface area contributed by atoms with E-state index in [0.29, 0.717) is 10.5 Å². The zero-order chi connectivity index (χ0) is 13.8. The number of benzene rings is 2. The molecule has 2 aromatic carbocycles. The van der Waals surface area contributed by atoms with Crippen molar-refractivity contribution < 1.29 is 14.2 Å². The molecule has 100 valence electrons. The van der Waals surface area contributed by atoms with Crippen LogP contribution in [0.1, 0.15) is 18.6 Å². The number of aliphatic hydroxyl groups is 1. The molecule has 1 N–H and O–H groups in total. The number of hydrogen-bond donors (Lipinski definition) is 1. The van der Waals surface area contributed by atoms with Crippen LogP contribution >= 0.6 is 11.8 Å². The van der Waals surface area contributed by atoms with Crippen LogP contribution in [0.5, 0.6) is 5.75 Å². The Labute approximate surface area is 116 Å². The minimum atomic E-state index is -0.698. The second-order valence-electron chi connectivity index (χ2n) is 4.11. The number of rotatable bonds is 4. The quantitative estimate of drug-likeness (QED) is 0.915. The minimum Gasteiger partial charge on any atom is -0.497 e. The topological polar surface area (TPSA) is 29.5 Å². The molecular formula is C15H15FO2S. The fraction of sp³-hybridized carbons (Fsp3) is 0.200. The summed E-state index contributed by atoms with van der Waals surface area (Å²) in [4.78, 5) is 1.36. The van der Waals surface area contributed by atoms with Crippen molar-refractivity contribution in [2.75, 3.05) is 7.11 Å². The Bertz CT molecular complexity index is 553. The highest BCUT2D eigenvalue weighted by Crippen LogP contribution is 2.35. The maximum atomic E-state index is 13.9. The lowest BCUT2D eigenvalue weighted by atomic mass is 10.1. The van der Waals surface area contributed by atoms with Crippen LogP contribution in [0, 0.1) is 5.82 Å². The highest BCUT2D eigenvalue weighted by atomic mass is 32.2. The molecule has 0 amide bonds. The molecule has 1 atom stereocenters. The summed E-state index contributed by atoms with van der Waals surface area (Å²) in [5.74, 6) is 0.438. The molecule has 4 heteroatoms. The van der Waals surface area contributed by atoms with Gasteiger partial charge in [0.1, 0.15) is 11.6 Å². The van der Waals surface area contributed by atoms with Crippen molar-refractivity contribution >= 4 is 11.8 Å². The van der Waals surface area contributed by atoms with Crippen molar-refractivity contribution in [1.82, 2.24) is 0 Å². The number of halogens is 1. The van der Waals surface area contributed by atoms with Crippen molar-refractivity contribution in [3.63, 3.8) is 0 Å². The zero-order valence-electron chi connectivity index (χ0n) is 10.8. The summed E-state index contributed by atoms with van der Waals surface area (Å²) in [6.45, 7) is 1.63. The Morgan fingerprint density at radius 3 is 2.42 bits per heavy atom. The summed E-state index contributed by atoms with van der Waals surface area (Å²) in [6, 6.07) is 12.1. The van der Waals surface area contributed by atoms with E-state index >= 15 is 0 Å². The molecule has 0 saturated carbocycles. The first-order valence-electron chi connectivity index (χ1n) is 5.90. The van der Waals surface area contributed by atoms with E-state index in [1.807, 2.05) is 24.3 Å². The lowest BCUT2D eigenvalue weighted by molar-refractivity contribution is 0.195. The first-order valence-corrected chi connectivity index (χ1v) is 6.72. The van der Waals surface area contributed by atoms with Gasteiger partial charge in [-0.1, -0.05) is 23.9 Å². The summed E-state index contributed by atoms with van der Waals surface area (Å²) >= 11 is 1.30. The van der Waals surface area contributed by atoms with E-state index in [2.05, 4.69) is 0 Å². The van der Waals surface area contributed by atoms with Crippen molar-refractivity contribution in [2.45, 2.75) is 22.8 Å². The van der Waals surface area contributed by atoms with Gasteiger partial charge in [-0.25, -0.2) is 4.39 Å². The van der Waals surface area contributed by atoms with E-state index in [4.69, 9.17) is 4.74 Å². The van der Waals surface area contributed by atoms with Gasteiger partial charge in [-0.2, -0.15) is 0 Å². The Morgan fingerprint density at radius 2 is 1.84 bits per heavy atom. The smallest absolute Gasteiger partial charge is 0.137 e. The summed E-state index contributed by atoms with van der Waals surface area (Å²) in [7, 11) is 1.60. The molecule has 2 rings (SSSR count). The van der Waals surface area contributed by atoms with Crippen molar-refractivity contribution in [2.24, 2.45) is 0 Å². The predicted octanol–water partition coefficient (Wildman–Crippen LogP) is 4.04. The van der Waals surface area contributed by atoms with Crippen LogP contribution in [0.15, 0.2) is 52.3 Å². The molecule has 0 aliphatic carbocycles. The van der Waals surface area contributed by atoms with Gasteiger partial charge in [-0.15, -0.1) is 0 Å². The van der Waals surface area contributed by atoms with Crippen molar-refractivity contribution in [3.8, 4) is 5.75 Å². The third-order valence-electron chi connectivity index (χ3n) is 2.73. The Kier molecular flexibility index (Phi) is 4.45. The maximum absolute atomic E-state index is 13.9. The van der Waals surface area contributed by atoms with Crippen LogP contribution in [-0.2, 0) is 0 Å². The predicted molar refractivity (Wildman–Crippen MR) is 74.2 cm³/mol. The van der Waals surface area contributed by atoms with Crippen LogP contribution in [0.4, 0.5) is 4.39 Å². The molecule has 19 heavy (non-hydrogen) atoms. The maximum Gasteiger partial charge on any atom is 0.137 e. The molecule has 2 nitrogen and oxygen atoms in total. The lowest BCUT2D eigenvalue weighted by Crippen LogP contribution is -1.96. The van der Waals surface area contributed by atoms with E-state index in [9.17, 15) is 9.50 Å². The Morgan fingerprint density at radius 1 is 1.16 bits per heavy atom. The minimum absolute atomic E-state index is 0.320. The van der Waals surface area contributed by atoms with Crippen molar-refractivity contribution in [3.05, 3.63) is 53.8 Å². The lowest BCUT2D eigenvalue weighted by Gasteiger charge is -2.12. The molecule has 0 aliphatic rings. The highest BCUT2D eigenvalue weighted by Gasteiger charge is 2.13. The molecule has 0 heterocycles. The molecule has 2 aromatic rings. The summed E-state index contributed by atoms with van der Waals surface area (Å²) in [5, 5.41) is 9.69.